The van der Waals surface area contributed by atoms with Crippen LogP contribution in [0.15, 0.2) is 72.8 Å². The number of rotatable bonds is 7. The number of benzene rings is 3. The zero-order valence-electron chi connectivity index (χ0n) is 16.3. The molecular weight excluding hydrogens is 369 g/mol. The lowest BCUT2D eigenvalue weighted by Crippen LogP contribution is -2.07. The number of halogens is 1. The van der Waals surface area contributed by atoms with Crippen LogP contribution in [0.1, 0.15) is 16.7 Å². The molecule has 0 fully saturated rings. The second kappa shape index (κ2) is 9.55. The number of hydrogen-bond donors (Lipinski definition) is 1. The van der Waals surface area contributed by atoms with Gasteiger partial charge in [-0.15, -0.1) is 0 Å². The summed E-state index contributed by atoms with van der Waals surface area (Å²) in [6.07, 6.45) is 3.17. The number of nitrogens with one attached hydrogen (secondary N) is 1. The fraction of sp³-hybridized carbons (Fsp3) is 0.125. The first-order chi connectivity index (χ1) is 14.0. The number of carbonyl (C=O) groups excluding carboxylic acids is 1. The van der Waals surface area contributed by atoms with Gasteiger partial charge in [-0.1, -0.05) is 30.3 Å². The molecule has 3 rings (SSSR count). The van der Waals surface area contributed by atoms with Crippen LogP contribution < -0.4 is 14.8 Å². The smallest absolute Gasteiger partial charge is 0.248 e. The minimum Gasteiger partial charge on any atom is -0.493 e. The molecule has 0 aliphatic carbocycles. The van der Waals surface area contributed by atoms with Gasteiger partial charge in [0.25, 0.3) is 0 Å². The first kappa shape index (κ1) is 20.1. The zero-order chi connectivity index (χ0) is 20.6. The van der Waals surface area contributed by atoms with Crippen molar-refractivity contribution in [2.24, 2.45) is 0 Å². The van der Waals surface area contributed by atoms with Gasteiger partial charge in [0.2, 0.25) is 5.91 Å². The third-order valence-corrected chi connectivity index (χ3v) is 4.21. The van der Waals surface area contributed by atoms with Crippen molar-refractivity contribution in [3.05, 3.63) is 95.3 Å². The average molecular weight is 391 g/mol. The Kier molecular flexibility index (Phi) is 6.63. The van der Waals surface area contributed by atoms with Crippen molar-refractivity contribution in [2.75, 3.05) is 12.4 Å². The van der Waals surface area contributed by atoms with E-state index in [9.17, 15) is 9.18 Å². The molecule has 0 spiro atoms. The monoisotopic (exact) mass is 391 g/mol. The molecule has 0 aromatic heterocycles. The molecule has 148 valence electrons. The molecule has 5 heteroatoms. The van der Waals surface area contributed by atoms with Crippen molar-refractivity contribution in [2.45, 2.75) is 13.5 Å². The largest absolute Gasteiger partial charge is 0.493 e. The van der Waals surface area contributed by atoms with Gasteiger partial charge in [0.1, 0.15) is 12.4 Å². The Labute approximate surface area is 169 Å². The van der Waals surface area contributed by atoms with E-state index >= 15 is 0 Å². The number of methoxy groups -OCH3 is 1. The summed E-state index contributed by atoms with van der Waals surface area (Å²) in [6.45, 7) is 2.27. The van der Waals surface area contributed by atoms with Gasteiger partial charge >= 0.3 is 0 Å². The fourth-order valence-electron chi connectivity index (χ4n) is 2.73. The highest BCUT2D eigenvalue weighted by molar-refractivity contribution is 6.02. The molecule has 1 amide bonds. The summed E-state index contributed by atoms with van der Waals surface area (Å²) in [5.41, 5.74) is 3.48. The molecule has 0 heterocycles. The van der Waals surface area contributed by atoms with Gasteiger partial charge in [0, 0.05) is 11.8 Å². The highest BCUT2D eigenvalue weighted by atomic mass is 19.1. The van der Waals surface area contributed by atoms with Gasteiger partial charge in [-0.25, -0.2) is 4.39 Å². The summed E-state index contributed by atoms with van der Waals surface area (Å²) in [6, 6.07) is 19.1. The Balaban J connectivity index is 1.63. The molecule has 3 aromatic rings. The second-order valence-electron chi connectivity index (χ2n) is 6.52. The molecule has 0 bridgehead atoms. The molecule has 29 heavy (non-hydrogen) atoms. The summed E-state index contributed by atoms with van der Waals surface area (Å²) in [5, 5.41) is 2.83. The molecule has 0 saturated carbocycles. The van der Waals surface area contributed by atoms with Crippen molar-refractivity contribution in [1.82, 2.24) is 0 Å². The topological polar surface area (TPSA) is 47.6 Å². The van der Waals surface area contributed by atoms with E-state index in [0.29, 0.717) is 18.1 Å². The van der Waals surface area contributed by atoms with E-state index in [4.69, 9.17) is 9.47 Å². The predicted molar refractivity (Wildman–Crippen MR) is 113 cm³/mol. The van der Waals surface area contributed by atoms with Crippen LogP contribution in [0, 0.1) is 12.7 Å². The summed E-state index contributed by atoms with van der Waals surface area (Å²) >= 11 is 0. The number of ether oxygens (including phenoxy) is 2. The molecular formula is C24H22FNO3. The van der Waals surface area contributed by atoms with Gasteiger partial charge in [0.05, 0.1) is 7.11 Å². The Morgan fingerprint density at radius 2 is 1.83 bits per heavy atom. The lowest BCUT2D eigenvalue weighted by molar-refractivity contribution is -0.111. The van der Waals surface area contributed by atoms with E-state index in [1.165, 1.54) is 18.2 Å². The average Bonchev–Trinajstić information content (AvgIpc) is 2.72. The maximum Gasteiger partial charge on any atom is 0.248 e. The Hall–Kier alpha value is -3.60. The van der Waals surface area contributed by atoms with Gasteiger partial charge in [0.15, 0.2) is 11.5 Å². The highest BCUT2D eigenvalue weighted by Crippen LogP contribution is 2.29. The van der Waals surface area contributed by atoms with Crippen molar-refractivity contribution in [3.63, 3.8) is 0 Å². The SMILES string of the molecule is COc1cc(/C=C/C(=O)Nc2cccc(C)c2)ccc1OCc1ccc(F)cc1. The van der Waals surface area contributed by atoms with E-state index in [0.717, 1.165) is 22.4 Å². The normalized spacial score (nSPS) is 10.7. The molecule has 1 N–H and O–H groups in total. The first-order valence-corrected chi connectivity index (χ1v) is 9.14. The van der Waals surface area contributed by atoms with Crippen LogP contribution >= 0.6 is 0 Å². The quantitative estimate of drug-likeness (QED) is 0.551. The third-order valence-electron chi connectivity index (χ3n) is 4.21. The zero-order valence-corrected chi connectivity index (χ0v) is 16.3. The van der Waals surface area contributed by atoms with Crippen molar-refractivity contribution >= 4 is 17.7 Å². The number of amides is 1. The third kappa shape index (κ3) is 5.94. The van der Waals surface area contributed by atoms with Crippen LogP contribution in [0.3, 0.4) is 0 Å². The van der Waals surface area contributed by atoms with Crippen molar-refractivity contribution in [3.8, 4) is 11.5 Å². The molecule has 0 aliphatic heterocycles. The second-order valence-corrected chi connectivity index (χ2v) is 6.52. The van der Waals surface area contributed by atoms with Crippen LogP contribution in [0.2, 0.25) is 0 Å². The van der Waals surface area contributed by atoms with E-state index in [1.54, 1.807) is 37.5 Å². The maximum atomic E-state index is 13.0. The van der Waals surface area contributed by atoms with Crippen molar-refractivity contribution in [1.29, 1.82) is 0 Å². The van der Waals surface area contributed by atoms with E-state index in [1.807, 2.05) is 37.3 Å². The van der Waals surface area contributed by atoms with Crippen LogP contribution in [0.5, 0.6) is 11.5 Å². The summed E-state index contributed by atoms with van der Waals surface area (Å²) in [4.78, 5) is 12.1. The van der Waals surface area contributed by atoms with Gasteiger partial charge < -0.3 is 14.8 Å². The predicted octanol–water partition coefficient (Wildman–Crippen LogP) is 5.37. The number of hydrogen-bond acceptors (Lipinski definition) is 3. The Morgan fingerprint density at radius 1 is 1.03 bits per heavy atom. The Bertz CT molecular complexity index is 1010. The Morgan fingerprint density at radius 3 is 2.55 bits per heavy atom. The maximum absolute atomic E-state index is 13.0. The van der Waals surface area contributed by atoms with Crippen LogP contribution in [0.25, 0.3) is 6.08 Å². The highest BCUT2D eigenvalue weighted by Gasteiger charge is 2.06. The molecule has 0 unspecified atom stereocenters. The van der Waals surface area contributed by atoms with Crippen LogP contribution in [0.4, 0.5) is 10.1 Å². The molecule has 3 aromatic carbocycles. The first-order valence-electron chi connectivity index (χ1n) is 9.14. The standard InChI is InChI=1S/C24H22FNO3/c1-17-4-3-5-21(14-17)26-24(27)13-9-18-8-12-22(23(15-18)28-2)29-16-19-6-10-20(25)11-7-19/h3-15H,16H2,1-2H3,(H,26,27)/b13-9+. The van der Waals surface area contributed by atoms with Crippen LogP contribution in [-0.4, -0.2) is 13.0 Å². The molecule has 0 atom stereocenters. The number of carbonyl (C=O) groups is 1. The van der Waals surface area contributed by atoms with Gasteiger partial charge in [-0.2, -0.15) is 0 Å². The minimum atomic E-state index is -0.283. The minimum absolute atomic E-state index is 0.216. The summed E-state index contributed by atoms with van der Waals surface area (Å²) in [5.74, 6) is 0.617. The summed E-state index contributed by atoms with van der Waals surface area (Å²) in [7, 11) is 1.55. The fourth-order valence-corrected chi connectivity index (χ4v) is 2.73. The molecule has 4 nitrogen and oxygen atoms in total. The van der Waals surface area contributed by atoms with E-state index in [2.05, 4.69) is 5.32 Å². The van der Waals surface area contributed by atoms with Gasteiger partial charge in [-0.3, -0.25) is 4.79 Å². The lowest BCUT2D eigenvalue weighted by atomic mass is 10.1. The van der Waals surface area contributed by atoms with E-state index < -0.39 is 0 Å². The number of aryl methyl sites for hydroxylation is 1. The molecule has 0 saturated heterocycles. The van der Waals surface area contributed by atoms with Crippen LogP contribution in [-0.2, 0) is 11.4 Å². The summed E-state index contributed by atoms with van der Waals surface area (Å²) < 4.78 is 24.2. The lowest BCUT2D eigenvalue weighted by Gasteiger charge is -2.11. The molecule has 0 aliphatic rings. The molecule has 0 radical (unpaired) electrons. The number of anilines is 1. The van der Waals surface area contributed by atoms with Gasteiger partial charge in [-0.05, 0) is 66.1 Å². The van der Waals surface area contributed by atoms with E-state index in [-0.39, 0.29) is 11.7 Å². The van der Waals surface area contributed by atoms with Crippen molar-refractivity contribution < 1.29 is 18.7 Å².